The number of aromatic carboxylic acids is 1. The summed E-state index contributed by atoms with van der Waals surface area (Å²) in [6, 6.07) is 6.77. The van der Waals surface area contributed by atoms with Crippen LogP contribution in [0.5, 0.6) is 0 Å². The van der Waals surface area contributed by atoms with Crippen LogP contribution < -0.4 is 5.73 Å². The monoisotopic (exact) mass is 282 g/mol. The standard InChI is InChI=1S/C13H9F3N2O2/c14-13(15,16)8-3-1-7(2-4-8)11-9(17)5-6-10(18-11)12(19)20/h1-6H,17H2,(H,19,20). The van der Waals surface area contributed by atoms with Gasteiger partial charge < -0.3 is 10.8 Å². The first-order valence-corrected chi connectivity index (χ1v) is 5.46. The van der Waals surface area contributed by atoms with Gasteiger partial charge in [-0.2, -0.15) is 13.2 Å². The van der Waals surface area contributed by atoms with Gasteiger partial charge in [0.1, 0.15) is 5.69 Å². The van der Waals surface area contributed by atoms with Gasteiger partial charge >= 0.3 is 12.1 Å². The third-order valence-electron chi connectivity index (χ3n) is 2.63. The topological polar surface area (TPSA) is 76.2 Å². The van der Waals surface area contributed by atoms with Gasteiger partial charge in [-0.05, 0) is 24.3 Å². The van der Waals surface area contributed by atoms with Crippen LogP contribution in [0.1, 0.15) is 16.1 Å². The van der Waals surface area contributed by atoms with Gasteiger partial charge in [0.2, 0.25) is 0 Å². The third kappa shape index (κ3) is 2.71. The van der Waals surface area contributed by atoms with E-state index in [1.165, 1.54) is 24.3 Å². The number of hydrogen-bond donors (Lipinski definition) is 2. The molecule has 0 unspecified atom stereocenters. The van der Waals surface area contributed by atoms with Gasteiger partial charge in [0, 0.05) is 5.56 Å². The van der Waals surface area contributed by atoms with Crippen molar-refractivity contribution in [3.05, 3.63) is 47.7 Å². The predicted octanol–water partition coefficient (Wildman–Crippen LogP) is 3.05. The number of hydrogen-bond acceptors (Lipinski definition) is 3. The average molecular weight is 282 g/mol. The van der Waals surface area contributed by atoms with Gasteiger partial charge in [0.05, 0.1) is 16.9 Å². The maximum Gasteiger partial charge on any atom is 0.416 e. The van der Waals surface area contributed by atoms with E-state index in [0.717, 1.165) is 12.1 Å². The number of alkyl halides is 3. The number of nitrogens with two attached hydrogens (primary N) is 1. The summed E-state index contributed by atoms with van der Waals surface area (Å²) in [6.07, 6.45) is -4.43. The quantitative estimate of drug-likeness (QED) is 0.887. The fourth-order valence-electron chi connectivity index (χ4n) is 1.64. The van der Waals surface area contributed by atoms with Crippen molar-refractivity contribution in [3.63, 3.8) is 0 Å². The molecule has 2 aromatic rings. The first-order chi connectivity index (χ1) is 9.29. The van der Waals surface area contributed by atoms with Crippen molar-refractivity contribution in [3.8, 4) is 11.3 Å². The first-order valence-electron chi connectivity index (χ1n) is 5.46. The van der Waals surface area contributed by atoms with Gasteiger partial charge in [-0.25, -0.2) is 9.78 Å². The Kier molecular flexibility index (Phi) is 3.35. The van der Waals surface area contributed by atoms with E-state index in [1.807, 2.05) is 0 Å². The molecule has 0 saturated heterocycles. The molecule has 20 heavy (non-hydrogen) atoms. The highest BCUT2D eigenvalue weighted by atomic mass is 19.4. The van der Waals surface area contributed by atoms with E-state index in [4.69, 9.17) is 10.8 Å². The summed E-state index contributed by atoms with van der Waals surface area (Å²) in [7, 11) is 0. The minimum Gasteiger partial charge on any atom is -0.477 e. The summed E-state index contributed by atoms with van der Waals surface area (Å²) in [4.78, 5) is 14.7. The molecule has 0 spiro atoms. The van der Waals surface area contributed by atoms with Crippen LogP contribution in [0, 0.1) is 0 Å². The van der Waals surface area contributed by atoms with Crippen LogP contribution in [0.3, 0.4) is 0 Å². The molecule has 1 aromatic carbocycles. The van der Waals surface area contributed by atoms with Crippen molar-refractivity contribution in [1.29, 1.82) is 0 Å². The second-order valence-electron chi connectivity index (χ2n) is 4.01. The Labute approximate surface area is 111 Å². The summed E-state index contributed by atoms with van der Waals surface area (Å²) in [5, 5.41) is 8.85. The lowest BCUT2D eigenvalue weighted by Crippen LogP contribution is -2.05. The fourth-order valence-corrected chi connectivity index (χ4v) is 1.64. The van der Waals surface area contributed by atoms with E-state index in [2.05, 4.69) is 4.98 Å². The smallest absolute Gasteiger partial charge is 0.416 e. The molecule has 0 aliphatic heterocycles. The lowest BCUT2D eigenvalue weighted by molar-refractivity contribution is -0.137. The molecule has 1 aromatic heterocycles. The normalized spacial score (nSPS) is 11.3. The molecule has 0 amide bonds. The number of carboxylic acid groups (broad SMARTS) is 1. The zero-order valence-electron chi connectivity index (χ0n) is 9.98. The van der Waals surface area contributed by atoms with Gasteiger partial charge in [-0.3, -0.25) is 0 Å². The highest BCUT2D eigenvalue weighted by Gasteiger charge is 2.30. The van der Waals surface area contributed by atoms with Crippen LogP contribution in [0.25, 0.3) is 11.3 Å². The van der Waals surface area contributed by atoms with Crippen LogP contribution >= 0.6 is 0 Å². The summed E-state index contributed by atoms with van der Waals surface area (Å²) >= 11 is 0. The largest absolute Gasteiger partial charge is 0.477 e. The second kappa shape index (κ2) is 4.84. The van der Waals surface area contributed by atoms with Crippen molar-refractivity contribution in [2.24, 2.45) is 0 Å². The summed E-state index contributed by atoms with van der Waals surface area (Å²) in [5.74, 6) is -1.24. The number of aromatic nitrogens is 1. The lowest BCUT2D eigenvalue weighted by Gasteiger charge is -2.09. The summed E-state index contributed by atoms with van der Waals surface area (Å²) in [6.45, 7) is 0. The Morgan fingerprint density at radius 2 is 1.70 bits per heavy atom. The van der Waals surface area contributed by atoms with Gasteiger partial charge in [0.15, 0.2) is 0 Å². The Balaban J connectivity index is 2.46. The maximum absolute atomic E-state index is 12.5. The molecule has 0 saturated carbocycles. The molecule has 2 rings (SSSR count). The van der Waals surface area contributed by atoms with Crippen molar-refractivity contribution in [2.45, 2.75) is 6.18 Å². The van der Waals surface area contributed by atoms with E-state index in [0.29, 0.717) is 5.56 Å². The molecule has 0 aliphatic carbocycles. The first kappa shape index (κ1) is 13.9. The molecular weight excluding hydrogens is 273 g/mol. The molecule has 0 bridgehead atoms. The Bertz CT molecular complexity index is 652. The fraction of sp³-hybridized carbons (Fsp3) is 0.0769. The highest BCUT2D eigenvalue weighted by Crippen LogP contribution is 2.31. The molecule has 104 valence electrons. The van der Waals surface area contributed by atoms with Gasteiger partial charge in [-0.15, -0.1) is 0 Å². The lowest BCUT2D eigenvalue weighted by atomic mass is 10.1. The molecule has 0 radical (unpaired) electrons. The molecule has 0 fully saturated rings. The van der Waals surface area contributed by atoms with Gasteiger partial charge in [0.25, 0.3) is 0 Å². The molecule has 4 nitrogen and oxygen atoms in total. The molecular formula is C13H9F3N2O2. The molecule has 0 atom stereocenters. The van der Waals surface area contributed by atoms with E-state index < -0.39 is 17.7 Å². The van der Waals surface area contributed by atoms with Crippen LogP contribution in [0.15, 0.2) is 36.4 Å². The number of nitrogens with zero attached hydrogens (tertiary/aromatic N) is 1. The minimum atomic E-state index is -4.43. The zero-order chi connectivity index (χ0) is 14.9. The number of benzene rings is 1. The van der Waals surface area contributed by atoms with Gasteiger partial charge in [-0.1, -0.05) is 12.1 Å². The number of anilines is 1. The summed E-state index contributed by atoms with van der Waals surface area (Å²) < 4.78 is 37.4. The SMILES string of the molecule is Nc1ccc(C(=O)O)nc1-c1ccc(C(F)(F)F)cc1. The molecule has 7 heteroatoms. The number of rotatable bonds is 2. The summed E-state index contributed by atoms with van der Waals surface area (Å²) in [5.41, 5.74) is 5.29. The maximum atomic E-state index is 12.5. The van der Waals surface area contributed by atoms with E-state index in [9.17, 15) is 18.0 Å². The van der Waals surface area contributed by atoms with Crippen LogP contribution in [0.4, 0.5) is 18.9 Å². The number of halogens is 3. The van der Waals surface area contributed by atoms with E-state index >= 15 is 0 Å². The molecule has 0 aliphatic rings. The average Bonchev–Trinajstić information content (AvgIpc) is 2.38. The number of carboxylic acids is 1. The second-order valence-corrected chi connectivity index (χ2v) is 4.01. The number of pyridine rings is 1. The van der Waals surface area contributed by atoms with Crippen LogP contribution in [0.2, 0.25) is 0 Å². The van der Waals surface area contributed by atoms with Crippen molar-refractivity contribution in [2.75, 3.05) is 5.73 Å². The van der Waals surface area contributed by atoms with E-state index in [1.54, 1.807) is 0 Å². The zero-order valence-corrected chi connectivity index (χ0v) is 9.98. The minimum absolute atomic E-state index is 0.138. The highest BCUT2D eigenvalue weighted by molar-refractivity contribution is 5.87. The van der Waals surface area contributed by atoms with Crippen LogP contribution in [-0.4, -0.2) is 16.1 Å². The molecule has 1 heterocycles. The third-order valence-corrected chi connectivity index (χ3v) is 2.63. The predicted molar refractivity (Wildman–Crippen MR) is 66.0 cm³/mol. The van der Waals surface area contributed by atoms with Crippen LogP contribution in [-0.2, 0) is 6.18 Å². The molecule has 3 N–H and O–H groups in total. The van der Waals surface area contributed by atoms with Crippen molar-refractivity contribution >= 4 is 11.7 Å². The Morgan fingerprint density at radius 3 is 2.20 bits per heavy atom. The Morgan fingerprint density at radius 1 is 1.10 bits per heavy atom. The van der Waals surface area contributed by atoms with Crippen molar-refractivity contribution < 1.29 is 23.1 Å². The number of nitrogen functional groups attached to an aromatic ring is 1. The van der Waals surface area contributed by atoms with Crippen molar-refractivity contribution in [1.82, 2.24) is 4.98 Å². The van der Waals surface area contributed by atoms with E-state index in [-0.39, 0.29) is 17.1 Å². The Hall–Kier alpha value is -2.57. The number of carbonyl (C=O) groups is 1.